The van der Waals surface area contributed by atoms with E-state index in [0.717, 1.165) is 5.75 Å². The van der Waals surface area contributed by atoms with E-state index in [1.807, 2.05) is 6.92 Å². The molecule has 0 aliphatic rings. The molecule has 0 radical (unpaired) electrons. The van der Waals surface area contributed by atoms with Crippen LogP contribution in [0.2, 0.25) is 0 Å². The second kappa shape index (κ2) is 7.73. The number of rotatable bonds is 6. The SMILES string of the molecule is CCSNC(=O)Oc1ccc(C(=O)COC)cc1. The van der Waals surface area contributed by atoms with Crippen molar-refractivity contribution in [2.24, 2.45) is 0 Å². The topological polar surface area (TPSA) is 64.6 Å². The van der Waals surface area contributed by atoms with Crippen molar-refractivity contribution in [1.29, 1.82) is 0 Å². The highest BCUT2D eigenvalue weighted by Gasteiger charge is 2.07. The summed E-state index contributed by atoms with van der Waals surface area (Å²) in [6, 6.07) is 6.33. The molecule has 1 rings (SSSR count). The van der Waals surface area contributed by atoms with Crippen molar-refractivity contribution >= 4 is 23.8 Å². The molecule has 0 bridgehead atoms. The highest BCUT2D eigenvalue weighted by molar-refractivity contribution is 7.97. The van der Waals surface area contributed by atoms with Crippen LogP contribution in [0, 0.1) is 0 Å². The molecule has 0 atom stereocenters. The highest BCUT2D eigenvalue weighted by Crippen LogP contribution is 2.13. The van der Waals surface area contributed by atoms with Crippen LogP contribution in [0.15, 0.2) is 24.3 Å². The first-order chi connectivity index (χ1) is 8.67. The number of amides is 1. The molecule has 0 saturated heterocycles. The predicted molar refractivity (Wildman–Crippen MR) is 69.9 cm³/mol. The molecule has 6 heteroatoms. The van der Waals surface area contributed by atoms with Gasteiger partial charge in [0.05, 0.1) is 0 Å². The summed E-state index contributed by atoms with van der Waals surface area (Å²) < 4.78 is 12.3. The van der Waals surface area contributed by atoms with Gasteiger partial charge in [0.25, 0.3) is 0 Å². The van der Waals surface area contributed by atoms with Crippen LogP contribution in [0.5, 0.6) is 5.75 Å². The Morgan fingerprint density at radius 3 is 2.50 bits per heavy atom. The van der Waals surface area contributed by atoms with E-state index < -0.39 is 6.09 Å². The zero-order valence-electron chi connectivity index (χ0n) is 10.3. The lowest BCUT2D eigenvalue weighted by molar-refractivity contribution is 0.0848. The van der Waals surface area contributed by atoms with Gasteiger partial charge in [0.15, 0.2) is 5.78 Å². The third kappa shape index (κ3) is 4.77. The van der Waals surface area contributed by atoms with E-state index >= 15 is 0 Å². The molecule has 0 unspecified atom stereocenters. The zero-order chi connectivity index (χ0) is 13.4. The van der Waals surface area contributed by atoms with E-state index in [2.05, 4.69) is 4.72 Å². The van der Waals surface area contributed by atoms with Crippen LogP contribution in [-0.4, -0.2) is 31.3 Å². The van der Waals surface area contributed by atoms with Crippen molar-refractivity contribution in [2.75, 3.05) is 19.5 Å². The van der Waals surface area contributed by atoms with E-state index in [0.29, 0.717) is 11.3 Å². The van der Waals surface area contributed by atoms with Crippen molar-refractivity contribution in [3.63, 3.8) is 0 Å². The van der Waals surface area contributed by atoms with Gasteiger partial charge in [0.1, 0.15) is 12.4 Å². The number of ketones is 1. The fourth-order valence-electron chi connectivity index (χ4n) is 1.18. The van der Waals surface area contributed by atoms with E-state index in [-0.39, 0.29) is 12.4 Å². The Morgan fingerprint density at radius 1 is 1.28 bits per heavy atom. The van der Waals surface area contributed by atoms with Crippen molar-refractivity contribution in [1.82, 2.24) is 4.72 Å². The van der Waals surface area contributed by atoms with E-state index in [1.54, 1.807) is 24.3 Å². The van der Waals surface area contributed by atoms with E-state index in [4.69, 9.17) is 9.47 Å². The minimum Gasteiger partial charge on any atom is -0.410 e. The van der Waals surface area contributed by atoms with Gasteiger partial charge in [-0.2, -0.15) is 0 Å². The van der Waals surface area contributed by atoms with Crippen LogP contribution in [0.4, 0.5) is 4.79 Å². The molecular formula is C12H15NO4S. The summed E-state index contributed by atoms with van der Waals surface area (Å²) in [6.45, 7) is 1.95. The van der Waals surface area contributed by atoms with Gasteiger partial charge in [-0.25, -0.2) is 4.79 Å². The molecule has 1 aromatic carbocycles. The molecule has 0 aromatic heterocycles. The van der Waals surface area contributed by atoms with Gasteiger partial charge in [-0.05, 0) is 36.2 Å². The standard InChI is InChI=1S/C12H15NO4S/c1-3-18-13-12(15)17-10-6-4-9(5-7-10)11(14)8-16-2/h4-7H,3,8H2,1-2H3,(H,13,15). The van der Waals surface area contributed by atoms with Gasteiger partial charge >= 0.3 is 6.09 Å². The summed E-state index contributed by atoms with van der Waals surface area (Å²) in [5.41, 5.74) is 0.521. The van der Waals surface area contributed by atoms with Crippen molar-refractivity contribution < 1.29 is 19.1 Å². The number of carbonyl (C=O) groups is 2. The fourth-order valence-corrected chi connectivity index (χ4v) is 1.49. The largest absolute Gasteiger partial charge is 0.422 e. The Bertz CT molecular complexity index is 405. The summed E-state index contributed by atoms with van der Waals surface area (Å²) >= 11 is 1.25. The van der Waals surface area contributed by atoms with Crippen molar-refractivity contribution in [3.05, 3.63) is 29.8 Å². The Morgan fingerprint density at radius 2 is 1.94 bits per heavy atom. The fraction of sp³-hybridized carbons (Fsp3) is 0.333. The summed E-state index contributed by atoms with van der Waals surface area (Å²) in [5, 5.41) is 0. The first-order valence-electron chi connectivity index (χ1n) is 5.39. The number of nitrogens with one attached hydrogen (secondary N) is 1. The normalized spacial score (nSPS) is 9.89. The molecule has 0 spiro atoms. The van der Waals surface area contributed by atoms with Gasteiger partial charge in [0.2, 0.25) is 0 Å². The second-order valence-electron chi connectivity index (χ2n) is 3.31. The van der Waals surface area contributed by atoms with Crippen LogP contribution in [-0.2, 0) is 4.74 Å². The first kappa shape index (κ1) is 14.5. The average Bonchev–Trinajstić information content (AvgIpc) is 2.37. The summed E-state index contributed by atoms with van der Waals surface area (Å²) in [5.74, 6) is 1.03. The third-order valence-corrected chi connectivity index (χ3v) is 2.56. The minimum atomic E-state index is -0.530. The monoisotopic (exact) mass is 269 g/mol. The van der Waals surface area contributed by atoms with Crippen molar-refractivity contribution in [2.45, 2.75) is 6.92 Å². The molecule has 1 amide bonds. The summed E-state index contributed by atoms with van der Waals surface area (Å²) in [4.78, 5) is 22.7. The molecule has 0 heterocycles. The molecular weight excluding hydrogens is 254 g/mol. The van der Waals surface area contributed by atoms with Crippen LogP contribution >= 0.6 is 11.9 Å². The maximum atomic E-state index is 11.5. The summed E-state index contributed by atoms with van der Waals surface area (Å²) in [7, 11) is 1.46. The smallest absolute Gasteiger partial charge is 0.410 e. The molecule has 0 saturated carbocycles. The van der Waals surface area contributed by atoms with Crippen molar-refractivity contribution in [3.8, 4) is 5.75 Å². The lowest BCUT2D eigenvalue weighted by atomic mass is 10.1. The number of carbonyl (C=O) groups excluding carboxylic acids is 2. The predicted octanol–water partition coefficient (Wildman–Crippen LogP) is 2.27. The third-order valence-electron chi connectivity index (χ3n) is 1.96. The summed E-state index contributed by atoms with van der Waals surface area (Å²) in [6.07, 6.45) is -0.530. The van der Waals surface area contributed by atoms with E-state index in [9.17, 15) is 9.59 Å². The Labute approximate surface area is 110 Å². The van der Waals surface area contributed by atoms with Crippen LogP contribution in [0.1, 0.15) is 17.3 Å². The van der Waals surface area contributed by atoms with Crippen LogP contribution < -0.4 is 9.46 Å². The van der Waals surface area contributed by atoms with Gasteiger partial charge < -0.3 is 9.47 Å². The van der Waals surface area contributed by atoms with Gasteiger partial charge in [0, 0.05) is 18.4 Å². The Hall–Kier alpha value is -1.53. The molecule has 1 aromatic rings. The highest BCUT2D eigenvalue weighted by atomic mass is 32.2. The number of Topliss-reactive ketones (excluding diaryl/α,β-unsaturated/α-hetero) is 1. The van der Waals surface area contributed by atoms with Gasteiger partial charge in [-0.1, -0.05) is 6.92 Å². The first-order valence-corrected chi connectivity index (χ1v) is 6.37. The molecule has 5 nitrogen and oxygen atoms in total. The number of methoxy groups -OCH3 is 1. The van der Waals surface area contributed by atoms with E-state index in [1.165, 1.54) is 19.1 Å². The number of ether oxygens (including phenoxy) is 2. The average molecular weight is 269 g/mol. The maximum absolute atomic E-state index is 11.5. The second-order valence-corrected chi connectivity index (χ2v) is 4.38. The molecule has 98 valence electrons. The van der Waals surface area contributed by atoms with Crippen LogP contribution in [0.3, 0.4) is 0 Å². The minimum absolute atomic E-state index is 0.0355. The Balaban J connectivity index is 2.55. The molecule has 0 fully saturated rings. The molecule has 0 aliphatic carbocycles. The van der Waals surface area contributed by atoms with Crippen LogP contribution in [0.25, 0.3) is 0 Å². The molecule has 18 heavy (non-hydrogen) atoms. The number of hydrogen-bond acceptors (Lipinski definition) is 5. The molecule has 1 N–H and O–H groups in total. The quantitative estimate of drug-likeness (QED) is 0.634. The lowest BCUT2D eigenvalue weighted by Crippen LogP contribution is -2.20. The van der Waals surface area contributed by atoms with Gasteiger partial charge in [-0.15, -0.1) is 0 Å². The Kier molecular flexibility index (Phi) is 6.24. The number of benzene rings is 1. The zero-order valence-corrected chi connectivity index (χ0v) is 11.1. The molecule has 0 aliphatic heterocycles. The maximum Gasteiger partial charge on any atom is 0.422 e. The van der Waals surface area contributed by atoms with Gasteiger partial charge in [-0.3, -0.25) is 9.52 Å². The lowest BCUT2D eigenvalue weighted by Gasteiger charge is -2.05. The number of hydrogen-bond donors (Lipinski definition) is 1.